The van der Waals surface area contributed by atoms with Gasteiger partial charge in [-0.15, -0.1) is 0 Å². The number of hydrogen-bond acceptors (Lipinski definition) is 8. The molecule has 3 heterocycles. The van der Waals surface area contributed by atoms with E-state index in [1.165, 1.54) is 13.8 Å². The molecule has 0 aromatic rings. The molecule has 0 amide bonds. The van der Waals surface area contributed by atoms with Crippen LogP contribution in [-0.2, 0) is 38.0 Å². The fourth-order valence-corrected chi connectivity index (χ4v) is 3.61. The van der Waals surface area contributed by atoms with Crippen LogP contribution in [0.3, 0.4) is 0 Å². The van der Waals surface area contributed by atoms with Gasteiger partial charge in [-0.2, -0.15) is 21.6 Å². The molecule has 3 aliphatic rings. The van der Waals surface area contributed by atoms with Crippen molar-refractivity contribution < 1.29 is 49.5 Å². The van der Waals surface area contributed by atoms with E-state index in [0.717, 1.165) is 0 Å². The maximum absolute atomic E-state index is 12.7. The Bertz CT molecular complexity index is 632. The fraction of sp³-hybridized carbons (Fsp3) is 1.00. The monoisotopic (exact) mass is 392 g/mol. The molecule has 3 unspecified atom stereocenters. The highest BCUT2D eigenvalue weighted by Crippen LogP contribution is 2.43. The van der Waals surface area contributed by atoms with E-state index in [1.807, 2.05) is 0 Å². The Morgan fingerprint density at radius 1 is 1.00 bits per heavy atom. The molecule has 3 rings (SSSR count). The minimum Gasteiger partial charge on any atom is -0.348 e. The molecular formula is C13H19F3O8S. The highest BCUT2D eigenvalue weighted by atomic mass is 32.2. The molecule has 25 heavy (non-hydrogen) atoms. The van der Waals surface area contributed by atoms with Crippen LogP contribution in [0.1, 0.15) is 27.7 Å². The molecule has 3 aliphatic heterocycles. The predicted molar refractivity (Wildman–Crippen MR) is 73.4 cm³/mol. The molecular weight excluding hydrogens is 373 g/mol. The van der Waals surface area contributed by atoms with E-state index >= 15 is 0 Å². The lowest BCUT2D eigenvalue weighted by Crippen LogP contribution is -2.46. The van der Waals surface area contributed by atoms with Crippen LogP contribution in [0.4, 0.5) is 13.2 Å². The van der Waals surface area contributed by atoms with Crippen LogP contribution < -0.4 is 0 Å². The van der Waals surface area contributed by atoms with E-state index in [1.54, 1.807) is 13.8 Å². The Morgan fingerprint density at radius 3 is 2.16 bits per heavy atom. The Kier molecular flexibility index (Phi) is 4.43. The second-order valence-corrected chi connectivity index (χ2v) is 8.46. The average Bonchev–Trinajstić information content (AvgIpc) is 2.99. The van der Waals surface area contributed by atoms with Crippen LogP contribution in [0.5, 0.6) is 0 Å². The maximum Gasteiger partial charge on any atom is 0.523 e. The summed E-state index contributed by atoms with van der Waals surface area (Å²) in [5.41, 5.74) is -5.57. The highest BCUT2D eigenvalue weighted by Gasteiger charge is 2.62. The summed E-state index contributed by atoms with van der Waals surface area (Å²) in [6.45, 7) is 6.27. The van der Waals surface area contributed by atoms with Crippen LogP contribution in [0.25, 0.3) is 0 Å². The number of rotatable bonds is 3. The molecule has 3 saturated heterocycles. The number of halogens is 3. The Balaban J connectivity index is 1.86. The summed E-state index contributed by atoms with van der Waals surface area (Å²) < 4.78 is 93.0. The summed E-state index contributed by atoms with van der Waals surface area (Å²) in [5, 5.41) is 0. The lowest BCUT2D eigenvalue weighted by atomic mass is 10.1. The molecule has 5 atom stereocenters. The van der Waals surface area contributed by atoms with Gasteiger partial charge in [0.25, 0.3) is 0 Å². The van der Waals surface area contributed by atoms with Gasteiger partial charge in [-0.3, -0.25) is 4.18 Å². The SMILES string of the molecule is CC1(C)OCC(C2OC3OC(C)(C)O[C@@H]3[C@H]2OS(=O)(=O)C(F)(F)F)O1. The van der Waals surface area contributed by atoms with E-state index in [4.69, 9.17) is 23.7 Å². The third-order valence-corrected chi connectivity index (χ3v) is 4.99. The number of ether oxygens (including phenoxy) is 5. The van der Waals surface area contributed by atoms with E-state index < -0.39 is 57.9 Å². The number of hydrogen-bond donors (Lipinski definition) is 0. The van der Waals surface area contributed by atoms with Crippen molar-refractivity contribution in [3.63, 3.8) is 0 Å². The van der Waals surface area contributed by atoms with E-state index in [0.29, 0.717) is 0 Å². The molecule has 0 radical (unpaired) electrons. The highest BCUT2D eigenvalue weighted by molar-refractivity contribution is 7.87. The van der Waals surface area contributed by atoms with Crippen LogP contribution in [0, 0.1) is 0 Å². The topological polar surface area (TPSA) is 89.5 Å². The average molecular weight is 392 g/mol. The van der Waals surface area contributed by atoms with Crippen molar-refractivity contribution in [2.75, 3.05) is 6.61 Å². The van der Waals surface area contributed by atoms with Crippen LogP contribution in [0.15, 0.2) is 0 Å². The van der Waals surface area contributed by atoms with Gasteiger partial charge in [0.2, 0.25) is 0 Å². The van der Waals surface area contributed by atoms with Crippen molar-refractivity contribution in [2.45, 2.75) is 75.5 Å². The summed E-state index contributed by atoms with van der Waals surface area (Å²) in [6.07, 6.45) is -5.86. The summed E-state index contributed by atoms with van der Waals surface area (Å²) in [5.74, 6) is -2.14. The van der Waals surface area contributed by atoms with Gasteiger partial charge in [0.15, 0.2) is 17.9 Å². The second kappa shape index (κ2) is 5.75. The van der Waals surface area contributed by atoms with Crippen molar-refractivity contribution in [2.24, 2.45) is 0 Å². The van der Waals surface area contributed by atoms with Gasteiger partial charge in [0.05, 0.1) is 6.61 Å². The van der Waals surface area contributed by atoms with Gasteiger partial charge in [-0.05, 0) is 27.7 Å². The van der Waals surface area contributed by atoms with E-state index in [-0.39, 0.29) is 6.61 Å². The minimum atomic E-state index is -5.86. The molecule has 0 aromatic heterocycles. The first-order valence-corrected chi connectivity index (χ1v) is 8.94. The van der Waals surface area contributed by atoms with Crippen LogP contribution in [-0.4, -0.2) is 62.8 Å². The van der Waals surface area contributed by atoms with E-state index in [2.05, 4.69) is 4.18 Å². The molecule has 146 valence electrons. The van der Waals surface area contributed by atoms with Gasteiger partial charge < -0.3 is 23.7 Å². The Hall–Kier alpha value is -0.500. The molecule has 0 aliphatic carbocycles. The zero-order valence-corrected chi connectivity index (χ0v) is 14.7. The largest absolute Gasteiger partial charge is 0.523 e. The smallest absolute Gasteiger partial charge is 0.348 e. The summed E-state index contributed by atoms with van der Waals surface area (Å²) >= 11 is 0. The van der Waals surface area contributed by atoms with Crippen molar-refractivity contribution >= 4 is 10.1 Å². The van der Waals surface area contributed by atoms with Gasteiger partial charge in [0, 0.05) is 0 Å². The molecule has 0 bridgehead atoms. The summed E-state index contributed by atoms with van der Waals surface area (Å²) in [6, 6.07) is 0. The van der Waals surface area contributed by atoms with Crippen molar-refractivity contribution in [3.8, 4) is 0 Å². The van der Waals surface area contributed by atoms with Crippen LogP contribution in [0.2, 0.25) is 0 Å². The van der Waals surface area contributed by atoms with Gasteiger partial charge >= 0.3 is 15.6 Å². The number of alkyl halides is 3. The van der Waals surface area contributed by atoms with E-state index in [9.17, 15) is 21.6 Å². The minimum absolute atomic E-state index is 0.00751. The molecule has 3 fully saturated rings. The molecule has 8 nitrogen and oxygen atoms in total. The molecule has 0 spiro atoms. The Labute approximate surface area is 142 Å². The molecule has 0 saturated carbocycles. The first-order chi connectivity index (χ1) is 11.2. The quantitative estimate of drug-likeness (QED) is 0.524. The lowest BCUT2D eigenvalue weighted by Gasteiger charge is -2.28. The van der Waals surface area contributed by atoms with Crippen molar-refractivity contribution in [1.82, 2.24) is 0 Å². The summed E-state index contributed by atoms with van der Waals surface area (Å²) in [7, 11) is -5.86. The van der Waals surface area contributed by atoms with Gasteiger partial charge in [-0.1, -0.05) is 0 Å². The maximum atomic E-state index is 12.7. The van der Waals surface area contributed by atoms with Crippen LogP contribution >= 0.6 is 0 Å². The third-order valence-electron chi connectivity index (χ3n) is 3.95. The fourth-order valence-electron chi connectivity index (χ4n) is 2.99. The zero-order valence-electron chi connectivity index (χ0n) is 13.9. The predicted octanol–water partition coefficient (Wildman–Crippen LogP) is 1.25. The van der Waals surface area contributed by atoms with Gasteiger partial charge in [-0.25, -0.2) is 0 Å². The van der Waals surface area contributed by atoms with Crippen molar-refractivity contribution in [3.05, 3.63) is 0 Å². The molecule has 12 heteroatoms. The zero-order chi connectivity index (χ0) is 18.8. The number of fused-ring (bicyclic) bond motifs is 1. The summed E-state index contributed by atoms with van der Waals surface area (Å²) in [4.78, 5) is 0. The first kappa shape index (κ1) is 19.3. The third kappa shape index (κ3) is 3.66. The normalized spacial score (nSPS) is 40.4. The molecule has 0 N–H and O–H groups in total. The molecule has 0 aromatic carbocycles. The first-order valence-electron chi connectivity index (χ1n) is 7.53. The van der Waals surface area contributed by atoms with Crippen molar-refractivity contribution in [1.29, 1.82) is 0 Å². The standard InChI is InChI=1S/C13H19F3O8S/c1-11(2)19-5-6(21-11)7-8(24-25(17,18)13(14,15)16)9-10(20-7)23-12(3,4)22-9/h6-10H,5H2,1-4H3/t6?,7?,8-,9+,10?/m0/s1. The lowest BCUT2D eigenvalue weighted by molar-refractivity contribution is -0.230. The van der Waals surface area contributed by atoms with Gasteiger partial charge in [0.1, 0.15) is 24.4 Å². The second-order valence-electron chi connectivity index (χ2n) is 6.90. The Morgan fingerprint density at radius 2 is 1.64 bits per heavy atom.